The van der Waals surface area contributed by atoms with Crippen LogP contribution in [0.3, 0.4) is 0 Å². The molecular formula is C29H35FN6O3. The van der Waals surface area contributed by atoms with Gasteiger partial charge in [-0.3, -0.25) is 14.6 Å². The average Bonchev–Trinajstić information content (AvgIpc) is 3.56. The lowest BCUT2D eigenvalue weighted by Crippen LogP contribution is -2.51. The number of nitrogens with two attached hydrogens (primary N) is 1. The molecule has 2 aliphatic rings. The molecule has 206 valence electrons. The van der Waals surface area contributed by atoms with Gasteiger partial charge in [0.05, 0.1) is 31.3 Å². The molecule has 1 unspecified atom stereocenters. The second kappa shape index (κ2) is 11.6. The Hall–Kier alpha value is -3.68. The Morgan fingerprint density at radius 2 is 1.77 bits per heavy atom. The topological polar surface area (TPSA) is 98.7 Å². The van der Waals surface area contributed by atoms with Gasteiger partial charge in [-0.1, -0.05) is 11.8 Å². The van der Waals surface area contributed by atoms with E-state index in [-0.39, 0.29) is 18.0 Å². The van der Waals surface area contributed by atoms with E-state index in [9.17, 15) is 9.18 Å². The molecule has 0 saturated carbocycles. The second-order valence-electron chi connectivity index (χ2n) is 10.3. The summed E-state index contributed by atoms with van der Waals surface area (Å²) in [7, 11) is 3.21. The minimum Gasteiger partial charge on any atom is -0.497 e. The fourth-order valence-electron chi connectivity index (χ4n) is 5.68. The first kappa shape index (κ1) is 26.9. The molecule has 4 heterocycles. The second-order valence-corrected chi connectivity index (χ2v) is 10.3. The fourth-order valence-corrected chi connectivity index (χ4v) is 5.68. The molecule has 9 nitrogen and oxygen atoms in total. The zero-order chi connectivity index (χ0) is 27.5. The number of hydrogen-bond acceptors (Lipinski definition) is 8. The van der Waals surface area contributed by atoms with Crippen molar-refractivity contribution in [3.63, 3.8) is 0 Å². The van der Waals surface area contributed by atoms with E-state index in [2.05, 4.69) is 36.2 Å². The fraction of sp³-hybridized carbons (Fsp3) is 0.483. The van der Waals surface area contributed by atoms with E-state index < -0.39 is 6.17 Å². The number of halogens is 1. The molecule has 5 rings (SSSR count). The van der Waals surface area contributed by atoms with E-state index >= 15 is 0 Å². The third kappa shape index (κ3) is 5.84. The molecule has 0 spiro atoms. The summed E-state index contributed by atoms with van der Waals surface area (Å²) >= 11 is 0. The number of anilines is 1. The number of fused-ring (bicyclic) bond motifs is 1. The van der Waals surface area contributed by atoms with Gasteiger partial charge in [-0.05, 0) is 38.3 Å². The zero-order valence-electron chi connectivity index (χ0n) is 22.7. The van der Waals surface area contributed by atoms with Crippen LogP contribution in [0, 0.1) is 11.8 Å². The van der Waals surface area contributed by atoms with Gasteiger partial charge in [-0.25, -0.2) is 14.4 Å². The molecule has 2 saturated heterocycles. The van der Waals surface area contributed by atoms with Gasteiger partial charge in [0.25, 0.3) is 0 Å². The van der Waals surface area contributed by atoms with Crippen LogP contribution in [0.4, 0.5) is 10.2 Å². The van der Waals surface area contributed by atoms with E-state index in [0.717, 1.165) is 41.7 Å². The van der Waals surface area contributed by atoms with Crippen molar-refractivity contribution in [2.24, 2.45) is 0 Å². The van der Waals surface area contributed by atoms with E-state index in [1.54, 1.807) is 27.2 Å². The molecule has 2 atom stereocenters. The number of carbonyl (C=O) groups is 1. The summed E-state index contributed by atoms with van der Waals surface area (Å²) in [6, 6.07) is 5.63. The number of likely N-dealkylation sites (tertiary alicyclic amines) is 2. The van der Waals surface area contributed by atoms with Gasteiger partial charge in [0, 0.05) is 56.5 Å². The quantitative estimate of drug-likeness (QED) is 0.461. The SMILES string of the molecule is COc1cc(C#Cc2cn(C3CCN([C@@H](CC(C)=O)N4CCC(F)CC4)C3)c3ncnc(N)c23)cc(OC)c1. The van der Waals surface area contributed by atoms with Crippen LogP contribution in [-0.2, 0) is 4.79 Å². The highest BCUT2D eigenvalue weighted by Crippen LogP contribution is 2.33. The Morgan fingerprint density at radius 3 is 2.44 bits per heavy atom. The molecule has 39 heavy (non-hydrogen) atoms. The van der Waals surface area contributed by atoms with Crippen molar-refractivity contribution in [2.45, 2.75) is 51.0 Å². The minimum atomic E-state index is -0.750. The van der Waals surface area contributed by atoms with Crippen LogP contribution in [0.1, 0.15) is 49.8 Å². The predicted molar refractivity (Wildman–Crippen MR) is 147 cm³/mol. The van der Waals surface area contributed by atoms with Gasteiger partial charge in [-0.2, -0.15) is 0 Å². The Labute approximate surface area is 228 Å². The molecule has 2 N–H and O–H groups in total. The Bertz CT molecular complexity index is 1380. The average molecular weight is 535 g/mol. The Balaban J connectivity index is 1.44. The van der Waals surface area contributed by atoms with Crippen molar-refractivity contribution in [3.05, 3.63) is 41.9 Å². The number of methoxy groups -OCH3 is 2. The van der Waals surface area contributed by atoms with Crippen molar-refractivity contribution < 1.29 is 18.7 Å². The highest BCUT2D eigenvalue weighted by atomic mass is 19.1. The van der Waals surface area contributed by atoms with E-state index in [1.165, 1.54) is 6.33 Å². The van der Waals surface area contributed by atoms with Crippen molar-refractivity contribution in [1.82, 2.24) is 24.3 Å². The van der Waals surface area contributed by atoms with E-state index in [1.807, 2.05) is 18.3 Å². The Morgan fingerprint density at radius 1 is 1.08 bits per heavy atom. The molecule has 1 aromatic carbocycles. The zero-order valence-corrected chi connectivity index (χ0v) is 22.7. The molecule has 3 aromatic rings. The number of ether oxygens (including phenoxy) is 2. The lowest BCUT2D eigenvalue weighted by Gasteiger charge is -2.40. The van der Waals surface area contributed by atoms with Crippen molar-refractivity contribution in [1.29, 1.82) is 0 Å². The third-order valence-corrected chi connectivity index (χ3v) is 7.69. The van der Waals surface area contributed by atoms with Crippen LogP contribution in [0.5, 0.6) is 11.5 Å². The number of aromatic nitrogens is 3. The number of piperidine rings is 1. The summed E-state index contributed by atoms with van der Waals surface area (Å²) in [6.07, 6.45) is 5.07. The maximum Gasteiger partial charge on any atom is 0.147 e. The molecule has 2 aliphatic heterocycles. The molecule has 2 aromatic heterocycles. The standard InChI is InChI=1S/C29H35FN6O3/c1-19(37)12-26(34-9-6-22(30)7-10-34)35-11-8-23(17-35)36-16-21(27-28(31)32-18-33-29(27)36)5-4-20-13-24(38-2)15-25(14-20)39-3/h13-16,18,22-23,26H,6-12,17H2,1-3H3,(H2,31,32,33)/t23?,26-/m0/s1. The highest BCUT2D eigenvalue weighted by molar-refractivity contribution is 5.92. The summed E-state index contributed by atoms with van der Waals surface area (Å²) in [5.41, 5.74) is 8.54. The lowest BCUT2D eigenvalue weighted by molar-refractivity contribution is -0.120. The van der Waals surface area contributed by atoms with Crippen LogP contribution in [-0.4, -0.2) is 82.9 Å². The molecule has 0 aliphatic carbocycles. The first-order valence-corrected chi connectivity index (χ1v) is 13.3. The van der Waals surface area contributed by atoms with Gasteiger partial charge in [-0.15, -0.1) is 0 Å². The van der Waals surface area contributed by atoms with Crippen LogP contribution >= 0.6 is 0 Å². The molecule has 0 bridgehead atoms. The molecular weight excluding hydrogens is 499 g/mol. The highest BCUT2D eigenvalue weighted by Gasteiger charge is 2.35. The number of ketones is 1. The van der Waals surface area contributed by atoms with Gasteiger partial charge in [0.2, 0.25) is 0 Å². The van der Waals surface area contributed by atoms with Crippen LogP contribution in [0.25, 0.3) is 11.0 Å². The maximum atomic E-state index is 13.8. The lowest BCUT2D eigenvalue weighted by atomic mass is 10.1. The van der Waals surface area contributed by atoms with E-state index in [0.29, 0.717) is 49.7 Å². The van der Waals surface area contributed by atoms with Gasteiger partial charge >= 0.3 is 0 Å². The van der Waals surface area contributed by atoms with Crippen molar-refractivity contribution in [3.8, 4) is 23.3 Å². The smallest absolute Gasteiger partial charge is 0.147 e. The minimum absolute atomic E-state index is 0.0242. The number of Topliss-reactive ketones (excluding diaryl/α,β-unsaturated/α-hetero) is 1. The van der Waals surface area contributed by atoms with Gasteiger partial charge in [0.15, 0.2) is 0 Å². The van der Waals surface area contributed by atoms with Gasteiger partial charge in [0.1, 0.15) is 41.2 Å². The molecule has 0 radical (unpaired) electrons. The molecule has 0 amide bonds. The summed E-state index contributed by atoms with van der Waals surface area (Å²) in [5.74, 6) is 8.31. The summed E-state index contributed by atoms with van der Waals surface area (Å²) < 4.78 is 26.7. The predicted octanol–water partition coefficient (Wildman–Crippen LogP) is 3.42. The molecule has 10 heteroatoms. The number of rotatable bonds is 7. The van der Waals surface area contributed by atoms with Crippen LogP contribution in [0.15, 0.2) is 30.7 Å². The monoisotopic (exact) mass is 534 g/mol. The number of benzene rings is 1. The molecule has 2 fully saturated rings. The van der Waals surface area contributed by atoms with Crippen molar-refractivity contribution in [2.75, 3.05) is 46.1 Å². The van der Waals surface area contributed by atoms with Gasteiger partial charge < -0.3 is 19.8 Å². The van der Waals surface area contributed by atoms with Crippen LogP contribution in [0.2, 0.25) is 0 Å². The van der Waals surface area contributed by atoms with Crippen molar-refractivity contribution >= 4 is 22.6 Å². The summed E-state index contributed by atoms with van der Waals surface area (Å²) in [5, 5.41) is 0.726. The summed E-state index contributed by atoms with van der Waals surface area (Å²) in [4.78, 5) is 25.6. The first-order valence-electron chi connectivity index (χ1n) is 13.3. The van der Waals surface area contributed by atoms with Crippen LogP contribution < -0.4 is 15.2 Å². The third-order valence-electron chi connectivity index (χ3n) is 7.69. The largest absolute Gasteiger partial charge is 0.497 e. The Kier molecular flexibility index (Phi) is 8.00. The number of nitrogen functional groups attached to an aromatic ring is 1. The first-order chi connectivity index (χ1) is 18.9. The normalized spacial score (nSPS) is 19.5. The van der Waals surface area contributed by atoms with E-state index in [4.69, 9.17) is 15.2 Å². The number of carbonyl (C=O) groups excluding carboxylic acids is 1. The number of hydrogen-bond donors (Lipinski definition) is 1. The number of nitrogens with zero attached hydrogens (tertiary/aromatic N) is 5. The summed E-state index contributed by atoms with van der Waals surface area (Å²) in [6.45, 7) is 4.56. The number of alkyl halides is 1. The maximum absolute atomic E-state index is 13.8.